The summed E-state index contributed by atoms with van der Waals surface area (Å²) in [5.74, 6) is 1.96. The molecule has 0 aliphatic rings. The number of pyridine rings is 4. The monoisotopic (exact) mass is 1120 g/mol. The average Bonchev–Trinajstić information content (AvgIpc) is 3.66. The van der Waals surface area contributed by atoms with Crippen molar-refractivity contribution in [2.45, 2.75) is 76.7 Å². The quantitative estimate of drug-likeness (QED) is 0.0269. The molecule has 0 atom stereocenters. The highest BCUT2D eigenvalue weighted by Gasteiger charge is 2.26. The van der Waals surface area contributed by atoms with Crippen molar-refractivity contribution in [3.63, 3.8) is 0 Å². The van der Waals surface area contributed by atoms with Gasteiger partial charge in [-0.25, -0.2) is 39.1 Å². The minimum atomic E-state index is -0.576. The molecular formula is C62H68N4O12S2. The van der Waals surface area contributed by atoms with Crippen LogP contribution in [0.2, 0.25) is 0 Å². The lowest BCUT2D eigenvalue weighted by atomic mass is 10.1. The van der Waals surface area contributed by atoms with E-state index in [0.717, 1.165) is 11.1 Å². The second-order valence-electron chi connectivity index (χ2n) is 20.4. The van der Waals surface area contributed by atoms with Crippen molar-refractivity contribution in [1.29, 1.82) is 0 Å². The number of methoxy groups -OCH3 is 4. The number of hydrogen-bond acceptors (Lipinski definition) is 18. The molecule has 80 heavy (non-hydrogen) atoms. The minimum Gasteiger partial charge on any atom is -0.493 e. The number of fused-ring (bicyclic) bond motifs is 4. The first-order valence-corrected chi connectivity index (χ1v) is 28.2. The van der Waals surface area contributed by atoms with Crippen LogP contribution >= 0.6 is 23.5 Å². The highest BCUT2D eigenvalue weighted by atomic mass is 32.2. The van der Waals surface area contributed by atoms with Crippen molar-refractivity contribution in [1.82, 2.24) is 19.9 Å². The molecule has 0 saturated carbocycles. The molecule has 4 aromatic heterocycles. The van der Waals surface area contributed by atoms with E-state index < -0.39 is 23.9 Å². The smallest absolute Gasteiger partial charge is 0.356 e. The van der Waals surface area contributed by atoms with Gasteiger partial charge in [-0.05, 0) is 46.9 Å². The number of rotatable bonds is 22. The molecule has 0 amide bonds. The number of thioether (sulfide) groups is 2. The molecule has 8 rings (SSSR count). The van der Waals surface area contributed by atoms with Gasteiger partial charge < -0.3 is 37.9 Å². The van der Waals surface area contributed by atoms with E-state index in [1.165, 1.54) is 52.0 Å². The summed E-state index contributed by atoms with van der Waals surface area (Å²) in [4.78, 5) is 70.8. The minimum absolute atomic E-state index is 0.120. The third kappa shape index (κ3) is 14.9. The van der Waals surface area contributed by atoms with Crippen LogP contribution in [-0.4, -0.2) is 98.7 Å². The Kier molecular flexibility index (Phi) is 20.9. The number of ether oxygens (including phenoxy) is 8. The summed E-state index contributed by atoms with van der Waals surface area (Å²) in [5.41, 5.74) is 4.78. The molecule has 18 heteroatoms. The summed E-state index contributed by atoms with van der Waals surface area (Å²) in [6.07, 6.45) is 0. The van der Waals surface area contributed by atoms with Gasteiger partial charge in [0.15, 0.2) is 22.8 Å². The van der Waals surface area contributed by atoms with Crippen LogP contribution in [0.15, 0.2) is 107 Å². The molecule has 0 aliphatic heterocycles. The topological polar surface area (TPSA) is 194 Å². The Balaban J connectivity index is 0.000000231. The first kappa shape index (κ1) is 60.0. The van der Waals surface area contributed by atoms with Crippen molar-refractivity contribution in [2.75, 3.05) is 54.9 Å². The molecule has 0 saturated heterocycles. The van der Waals surface area contributed by atoms with Gasteiger partial charge in [0, 0.05) is 57.3 Å². The average molecular weight is 1130 g/mol. The third-order valence-corrected chi connectivity index (χ3v) is 14.1. The van der Waals surface area contributed by atoms with Crippen LogP contribution in [0.25, 0.3) is 43.6 Å². The van der Waals surface area contributed by atoms with Gasteiger partial charge in [0.2, 0.25) is 0 Å². The maximum Gasteiger partial charge on any atom is 0.356 e. The lowest BCUT2D eigenvalue weighted by Crippen LogP contribution is -2.11. The molecule has 0 fully saturated rings. The van der Waals surface area contributed by atoms with Crippen molar-refractivity contribution in [3.05, 3.63) is 131 Å². The number of aromatic nitrogens is 4. The van der Waals surface area contributed by atoms with E-state index in [4.69, 9.17) is 57.8 Å². The fourth-order valence-electron chi connectivity index (χ4n) is 7.96. The molecule has 420 valence electrons. The second kappa shape index (κ2) is 27.9. The van der Waals surface area contributed by atoms with Gasteiger partial charge in [0.25, 0.3) is 0 Å². The van der Waals surface area contributed by atoms with E-state index in [0.29, 0.717) is 114 Å². The molecule has 4 heterocycles. The zero-order chi connectivity index (χ0) is 57.6. The Morgan fingerprint density at radius 3 is 0.825 bits per heavy atom. The molecule has 0 aliphatic carbocycles. The van der Waals surface area contributed by atoms with Crippen LogP contribution in [0.4, 0.5) is 0 Å². The number of hydrogen-bond donors (Lipinski definition) is 0. The fourth-order valence-corrected chi connectivity index (χ4v) is 10.1. The first-order chi connectivity index (χ1) is 38.4. The Labute approximate surface area is 475 Å². The zero-order valence-electron chi connectivity index (χ0n) is 47.3. The summed E-state index contributed by atoms with van der Waals surface area (Å²) in [6.45, 7) is 18.2. The SMILES string of the molecule is COC(=O)c1cc(OCC(C)C)c2cc3c(OCC(C)C)cc(C(=O)OC)nc3c(SCc3ccccc3)c2n1.COC(=O)c1cc(OCC(C)C)c2cc3c(OCC(C)C)cc(C(=O)OC)nc3c(SCc3ccccc3)c2n1. The van der Waals surface area contributed by atoms with Crippen LogP contribution in [0.5, 0.6) is 23.0 Å². The zero-order valence-corrected chi connectivity index (χ0v) is 48.9. The summed E-state index contributed by atoms with van der Waals surface area (Å²) in [5, 5.41) is 2.83. The van der Waals surface area contributed by atoms with E-state index in [1.807, 2.05) is 72.8 Å². The standard InChI is InChI=1S/2C31H34N2O6S/c2*1-18(2)15-38-25-13-23(30(34)36-5)32-27-21(25)12-22-26(39-16-19(3)4)14-24(31(35)37-6)33-28(22)29(27)40-17-20-10-8-7-9-11-20/h2*7-14,18-19H,15-17H2,1-6H3. The van der Waals surface area contributed by atoms with Gasteiger partial charge in [0.1, 0.15) is 23.0 Å². The van der Waals surface area contributed by atoms with Crippen molar-refractivity contribution < 1.29 is 57.1 Å². The Hall–Kier alpha value is -7.70. The summed E-state index contributed by atoms with van der Waals surface area (Å²) < 4.78 is 44.8. The van der Waals surface area contributed by atoms with Crippen molar-refractivity contribution in [2.24, 2.45) is 23.7 Å². The van der Waals surface area contributed by atoms with E-state index >= 15 is 0 Å². The molecule has 0 unspecified atom stereocenters. The van der Waals surface area contributed by atoms with Crippen LogP contribution in [-0.2, 0) is 30.5 Å². The third-order valence-electron chi connectivity index (χ3n) is 11.8. The largest absolute Gasteiger partial charge is 0.493 e. The van der Waals surface area contributed by atoms with E-state index in [1.54, 1.807) is 24.3 Å². The van der Waals surface area contributed by atoms with Crippen LogP contribution in [0.3, 0.4) is 0 Å². The number of carbonyl (C=O) groups is 4. The number of esters is 4. The van der Waals surface area contributed by atoms with Crippen LogP contribution < -0.4 is 18.9 Å². The molecule has 4 aromatic carbocycles. The lowest BCUT2D eigenvalue weighted by molar-refractivity contribution is 0.0585. The van der Waals surface area contributed by atoms with Gasteiger partial charge in [-0.3, -0.25) is 0 Å². The predicted molar refractivity (Wildman–Crippen MR) is 313 cm³/mol. The van der Waals surface area contributed by atoms with Crippen molar-refractivity contribution >= 4 is 91.0 Å². The highest BCUT2D eigenvalue weighted by molar-refractivity contribution is 7.99. The fraction of sp³-hybridized carbons (Fsp3) is 0.355. The summed E-state index contributed by atoms with van der Waals surface area (Å²) in [6, 6.07) is 30.3. The van der Waals surface area contributed by atoms with Gasteiger partial charge in [-0.2, -0.15) is 0 Å². The number of nitrogens with zero attached hydrogens (tertiary/aromatic N) is 4. The van der Waals surface area contributed by atoms with Gasteiger partial charge in [0.05, 0.1) is 86.7 Å². The normalized spacial score (nSPS) is 11.3. The van der Waals surface area contributed by atoms with E-state index in [9.17, 15) is 19.2 Å². The molecule has 0 N–H and O–H groups in total. The van der Waals surface area contributed by atoms with Crippen molar-refractivity contribution in [3.8, 4) is 23.0 Å². The van der Waals surface area contributed by atoms with Gasteiger partial charge in [-0.15, -0.1) is 23.5 Å². The number of carbonyl (C=O) groups excluding carboxylic acids is 4. The lowest BCUT2D eigenvalue weighted by Gasteiger charge is -2.18. The van der Waals surface area contributed by atoms with Gasteiger partial charge >= 0.3 is 23.9 Å². The highest BCUT2D eigenvalue weighted by Crippen LogP contribution is 2.44. The molecule has 0 radical (unpaired) electrons. The molecular weight excluding hydrogens is 1060 g/mol. The van der Waals surface area contributed by atoms with Crippen LogP contribution in [0, 0.1) is 23.7 Å². The summed E-state index contributed by atoms with van der Waals surface area (Å²) in [7, 11) is 5.27. The predicted octanol–water partition coefficient (Wildman–Crippen LogP) is 13.4. The van der Waals surface area contributed by atoms with E-state index in [2.05, 4.69) is 55.4 Å². The summed E-state index contributed by atoms with van der Waals surface area (Å²) >= 11 is 3.03. The molecule has 0 bridgehead atoms. The van der Waals surface area contributed by atoms with Crippen LogP contribution in [0.1, 0.15) is 108 Å². The Morgan fingerprint density at radius 1 is 0.375 bits per heavy atom. The Bertz CT molecular complexity index is 3090. The molecule has 8 aromatic rings. The van der Waals surface area contributed by atoms with E-state index in [-0.39, 0.29) is 46.4 Å². The Morgan fingerprint density at radius 2 is 0.613 bits per heavy atom. The maximum absolute atomic E-state index is 12.6. The number of benzene rings is 4. The first-order valence-electron chi connectivity index (χ1n) is 26.3. The second-order valence-corrected chi connectivity index (χ2v) is 22.3. The molecule has 0 spiro atoms. The van der Waals surface area contributed by atoms with Gasteiger partial charge in [-0.1, -0.05) is 116 Å². The molecule has 16 nitrogen and oxygen atoms in total. The maximum atomic E-state index is 12.6.